The Kier molecular flexibility index (Phi) is 5.00. The molecule has 0 heterocycles. The summed E-state index contributed by atoms with van der Waals surface area (Å²) in [5.41, 5.74) is 4.29. The first-order chi connectivity index (χ1) is 12.2. The zero-order chi connectivity index (χ0) is 18.9. The molecule has 3 saturated carbocycles. The van der Waals surface area contributed by atoms with Crippen LogP contribution in [0, 0.1) is 28.6 Å². The van der Waals surface area contributed by atoms with Crippen LogP contribution in [-0.4, -0.2) is 40.0 Å². The lowest BCUT2D eigenvalue weighted by molar-refractivity contribution is -0.175. The van der Waals surface area contributed by atoms with Crippen LogP contribution in [-0.2, 0) is 9.59 Å². The molecule has 7 atom stereocenters. The van der Waals surface area contributed by atoms with Gasteiger partial charge in [-0.25, -0.2) is 0 Å². The predicted molar refractivity (Wildman–Crippen MR) is 104 cm³/mol. The fraction of sp³-hybridized carbons (Fsp3) is 0.714. The second kappa shape index (κ2) is 6.51. The minimum atomic E-state index is -1.44. The molecule has 0 aromatic rings. The zero-order valence-electron chi connectivity index (χ0n) is 16.0. The minimum Gasteiger partial charge on any atom is -0.393 e. The normalized spacial score (nSPS) is 48.0. The number of fused-ring (bicyclic) bond motifs is 5. The van der Waals surface area contributed by atoms with Crippen LogP contribution < -0.4 is 5.73 Å². The first-order valence-electron chi connectivity index (χ1n) is 9.75. The summed E-state index contributed by atoms with van der Waals surface area (Å²) in [6, 6.07) is 0. The van der Waals surface area contributed by atoms with Crippen molar-refractivity contribution in [2.24, 2.45) is 34.3 Å². The maximum atomic E-state index is 12.5. The summed E-state index contributed by atoms with van der Waals surface area (Å²) in [7, 11) is 0. The topological polar surface area (TPSA) is 101 Å². The smallest absolute Gasteiger partial charge is 0.178 e. The summed E-state index contributed by atoms with van der Waals surface area (Å²) in [5.74, 6) is 0.137. The van der Waals surface area contributed by atoms with Gasteiger partial charge in [-0.3, -0.25) is 9.59 Å². The number of nitrogens with two attached hydrogens (primary N) is 1. The van der Waals surface area contributed by atoms with Crippen molar-refractivity contribution < 1.29 is 19.8 Å². The average Bonchev–Trinajstić information content (AvgIpc) is 2.86. The number of carbonyl (C=O) groups excluding carboxylic acids is 2. The van der Waals surface area contributed by atoms with Gasteiger partial charge >= 0.3 is 0 Å². The number of halogens is 1. The standard InChI is InChI=1S/C21H29NO4.ClH/c1-19-7-5-13(23)9-12(19)3-4-14-15-6-8-21(26,17(25)11-22)20(15,2)10-16(24)18(14)19;/h5,7,9,14-16,18,24,26H,3-4,6,8,10-11,22H2,1-2H3;1H/t14-,15-,16-,18+,19-,20-,21-;/m0./s1. The number of allylic oxidation sites excluding steroid dienone is 4. The molecule has 0 aliphatic heterocycles. The van der Waals surface area contributed by atoms with Gasteiger partial charge in [-0.1, -0.05) is 25.5 Å². The molecule has 4 rings (SSSR count). The van der Waals surface area contributed by atoms with Gasteiger partial charge < -0.3 is 15.9 Å². The lowest BCUT2D eigenvalue weighted by atomic mass is 9.46. The van der Waals surface area contributed by atoms with Crippen LogP contribution >= 0.6 is 12.4 Å². The molecular weight excluding hydrogens is 366 g/mol. The highest BCUT2D eigenvalue weighted by molar-refractivity contribution is 6.01. The van der Waals surface area contributed by atoms with Crippen LogP contribution in [0.15, 0.2) is 23.8 Å². The summed E-state index contributed by atoms with van der Waals surface area (Å²) in [6.45, 7) is 3.92. The van der Waals surface area contributed by atoms with E-state index in [2.05, 4.69) is 6.92 Å². The molecule has 0 aromatic carbocycles. The van der Waals surface area contributed by atoms with E-state index in [4.69, 9.17) is 5.73 Å². The lowest BCUT2D eigenvalue weighted by Gasteiger charge is -2.59. The summed E-state index contributed by atoms with van der Waals surface area (Å²) in [5, 5.41) is 22.4. The van der Waals surface area contributed by atoms with Crippen molar-refractivity contribution >= 4 is 24.0 Å². The van der Waals surface area contributed by atoms with Gasteiger partial charge in [0.05, 0.1) is 12.6 Å². The largest absolute Gasteiger partial charge is 0.393 e. The predicted octanol–water partition coefficient (Wildman–Crippen LogP) is 1.95. The second-order valence-corrected chi connectivity index (χ2v) is 9.24. The number of aliphatic hydroxyl groups excluding tert-OH is 1. The van der Waals surface area contributed by atoms with E-state index in [1.165, 1.54) is 0 Å². The number of Topliss-reactive ketones (excluding diaryl/α,β-unsaturated/α-hetero) is 1. The Labute approximate surface area is 166 Å². The van der Waals surface area contributed by atoms with Crippen molar-refractivity contribution in [1.29, 1.82) is 0 Å². The van der Waals surface area contributed by atoms with Crippen LogP contribution in [0.1, 0.15) is 46.0 Å². The average molecular weight is 396 g/mol. The van der Waals surface area contributed by atoms with E-state index < -0.39 is 17.1 Å². The van der Waals surface area contributed by atoms with Gasteiger partial charge in [-0.15, -0.1) is 12.4 Å². The minimum absolute atomic E-state index is 0. The maximum absolute atomic E-state index is 12.5. The van der Waals surface area contributed by atoms with Crippen LogP contribution in [0.25, 0.3) is 0 Å². The molecule has 4 aliphatic rings. The molecule has 0 radical (unpaired) electrons. The third kappa shape index (κ3) is 2.55. The molecule has 0 unspecified atom stereocenters. The highest BCUT2D eigenvalue weighted by atomic mass is 35.5. The molecule has 4 N–H and O–H groups in total. The van der Waals surface area contributed by atoms with E-state index in [1.54, 1.807) is 12.2 Å². The summed E-state index contributed by atoms with van der Waals surface area (Å²) in [6.07, 6.45) is 8.02. The van der Waals surface area contributed by atoms with Crippen molar-refractivity contribution in [1.82, 2.24) is 0 Å². The highest BCUT2D eigenvalue weighted by Gasteiger charge is 2.67. The summed E-state index contributed by atoms with van der Waals surface area (Å²) >= 11 is 0. The van der Waals surface area contributed by atoms with Crippen molar-refractivity contribution in [3.05, 3.63) is 23.8 Å². The van der Waals surface area contributed by atoms with E-state index in [1.807, 2.05) is 13.0 Å². The monoisotopic (exact) mass is 395 g/mol. The van der Waals surface area contributed by atoms with E-state index in [0.717, 1.165) is 24.8 Å². The van der Waals surface area contributed by atoms with Crippen molar-refractivity contribution in [2.45, 2.75) is 57.7 Å². The van der Waals surface area contributed by atoms with Gasteiger partial charge in [0.1, 0.15) is 5.60 Å². The van der Waals surface area contributed by atoms with Gasteiger partial charge in [0, 0.05) is 16.7 Å². The number of rotatable bonds is 2. The third-order valence-electron chi connectivity index (χ3n) is 8.29. The molecule has 0 amide bonds. The Hall–Kier alpha value is -1.01. The molecule has 3 fully saturated rings. The Bertz CT molecular complexity index is 734. The molecule has 0 saturated heterocycles. The van der Waals surface area contributed by atoms with Gasteiger partial charge in [-0.05, 0) is 56.1 Å². The van der Waals surface area contributed by atoms with Crippen LogP contribution in [0.2, 0.25) is 0 Å². The Morgan fingerprint density at radius 1 is 1.33 bits per heavy atom. The summed E-state index contributed by atoms with van der Waals surface area (Å²) < 4.78 is 0. The zero-order valence-corrected chi connectivity index (χ0v) is 16.8. The quantitative estimate of drug-likeness (QED) is 0.663. The number of hydrogen-bond donors (Lipinski definition) is 3. The molecular formula is C21H30ClNO4. The van der Waals surface area contributed by atoms with E-state index in [0.29, 0.717) is 12.8 Å². The van der Waals surface area contributed by atoms with Crippen molar-refractivity contribution in [2.75, 3.05) is 6.54 Å². The number of ketones is 2. The molecule has 4 aliphatic carbocycles. The van der Waals surface area contributed by atoms with Gasteiger partial charge in [0.2, 0.25) is 0 Å². The SMILES string of the molecule is C[C@]12C=CC(=O)C=C1CC[C@@H]1[C@@H]2[C@@H](O)C[C@@]2(C)[C@H]1CC[C@]2(O)C(=O)CN.Cl. The second-order valence-electron chi connectivity index (χ2n) is 9.24. The van der Waals surface area contributed by atoms with Gasteiger partial charge in [0.15, 0.2) is 11.6 Å². The highest BCUT2D eigenvalue weighted by Crippen LogP contribution is 2.66. The molecule has 0 spiro atoms. The van der Waals surface area contributed by atoms with Gasteiger partial charge in [-0.2, -0.15) is 0 Å². The van der Waals surface area contributed by atoms with Crippen molar-refractivity contribution in [3.63, 3.8) is 0 Å². The fourth-order valence-corrected chi connectivity index (χ4v) is 6.96. The van der Waals surface area contributed by atoms with Gasteiger partial charge in [0.25, 0.3) is 0 Å². The van der Waals surface area contributed by atoms with E-state index in [9.17, 15) is 19.8 Å². The Morgan fingerprint density at radius 3 is 2.70 bits per heavy atom. The van der Waals surface area contributed by atoms with Crippen LogP contribution in [0.3, 0.4) is 0 Å². The number of carbonyl (C=O) groups is 2. The first kappa shape index (κ1) is 20.7. The maximum Gasteiger partial charge on any atom is 0.178 e. The van der Waals surface area contributed by atoms with Crippen molar-refractivity contribution in [3.8, 4) is 0 Å². The molecule has 5 nitrogen and oxygen atoms in total. The molecule has 27 heavy (non-hydrogen) atoms. The molecule has 0 aromatic heterocycles. The van der Waals surface area contributed by atoms with E-state index >= 15 is 0 Å². The fourth-order valence-electron chi connectivity index (χ4n) is 6.96. The molecule has 6 heteroatoms. The lowest BCUT2D eigenvalue weighted by Crippen LogP contribution is -2.62. The summed E-state index contributed by atoms with van der Waals surface area (Å²) in [4.78, 5) is 24.3. The molecule has 0 bridgehead atoms. The number of hydrogen-bond acceptors (Lipinski definition) is 5. The Morgan fingerprint density at radius 2 is 2.04 bits per heavy atom. The van der Waals surface area contributed by atoms with Crippen LogP contribution in [0.5, 0.6) is 0 Å². The first-order valence-corrected chi connectivity index (χ1v) is 9.75. The third-order valence-corrected chi connectivity index (χ3v) is 8.29. The van der Waals surface area contributed by atoms with Crippen LogP contribution in [0.4, 0.5) is 0 Å². The Balaban J connectivity index is 0.00000210. The molecule has 150 valence electrons. The van der Waals surface area contributed by atoms with E-state index in [-0.39, 0.29) is 53.7 Å². The number of aliphatic hydroxyl groups is 2.